The van der Waals surface area contributed by atoms with Crippen LogP contribution in [0.5, 0.6) is 0 Å². The van der Waals surface area contributed by atoms with Crippen LogP contribution in [0.3, 0.4) is 0 Å². The van der Waals surface area contributed by atoms with Crippen LogP contribution in [0.4, 0.5) is 4.39 Å². The molecule has 1 aliphatic heterocycles. The Hall–Kier alpha value is -1.98. The standard InChI is InChI=1S/C23H22ClFN2O.ClH/c24-21-5-3-20(4-6-21)23(28)9-11-27(12-10-23)16-17-13-19(15-26-14-17)18-1-7-22(25)8-2-18;/h1-8,13-15,28H,9-12,16H2;1H. The Kier molecular flexibility index (Phi) is 6.91. The second-order valence-electron chi connectivity index (χ2n) is 7.40. The highest BCUT2D eigenvalue weighted by molar-refractivity contribution is 6.30. The molecule has 6 heteroatoms. The van der Waals surface area contributed by atoms with Gasteiger partial charge in [-0.15, -0.1) is 12.4 Å². The van der Waals surface area contributed by atoms with Crippen molar-refractivity contribution in [3.05, 3.63) is 89.0 Å². The van der Waals surface area contributed by atoms with Gasteiger partial charge in [0.15, 0.2) is 0 Å². The summed E-state index contributed by atoms with van der Waals surface area (Å²) in [5, 5.41) is 11.7. The molecule has 0 amide bonds. The van der Waals surface area contributed by atoms with Crippen molar-refractivity contribution in [2.24, 2.45) is 0 Å². The summed E-state index contributed by atoms with van der Waals surface area (Å²) in [5.41, 5.74) is 3.17. The van der Waals surface area contributed by atoms with Gasteiger partial charge in [0.1, 0.15) is 5.82 Å². The number of nitrogens with zero attached hydrogens (tertiary/aromatic N) is 2. The maximum absolute atomic E-state index is 13.1. The monoisotopic (exact) mass is 432 g/mol. The summed E-state index contributed by atoms with van der Waals surface area (Å²) in [6, 6.07) is 16.0. The fraction of sp³-hybridized carbons (Fsp3) is 0.261. The van der Waals surface area contributed by atoms with Crippen LogP contribution < -0.4 is 0 Å². The maximum atomic E-state index is 13.1. The first-order valence-electron chi connectivity index (χ1n) is 9.42. The number of likely N-dealkylation sites (tertiary alicyclic amines) is 1. The third kappa shape index (κ3) is 5.14. The zero-order chi connectivity index (χ0) is 19.6. The molecule has 29 heavy (non-hydrogen) atoms. The summed E-state index contributed by atoms with van der Waals surface area (Å²) in [7, 11) is 0. The number of piperidine rings is 1. The molecule has 1 N–H and O–H groups in total. The Morgan fingerprint density at radius 1 is 0.966 bits per heavy atom. The van der Waals surface area contributed by atoms with Crippen molar-refractivity contribution in [3.63, 3.8) is 0 Å². The van der Waals surface area contributed by atoms with Crippen molar-refractivity contribution in [3.8, 4) is 11.1 Å². The maximum Gasteiger partial charge on any atom is 0.123 e. The normalized spacial score (nSPS) is 16.2. The van der Waals surface area contributed by atoms with Crippen molar-refractivity contribution >= 4 is 24.0 Å². The Morgan fingerprint density at radius 2 is 1.62 bits per heavy atom. The average molecular weight is 433 g/mol. The van der Waals surface area contributed by atoms with Crippen LogP contribution in [0.2, 0.25) is 5.02 Å². The van der Waals surface area contributed by atoms with Gasteiger partial charge >= 0.3 is 0 Å². The molecular formula is C23H23Cl2FN2O. The topological polar surface area (TPSA) is 36.4 Å². The molecule has 0 radical (unpaired) electrons. The van der Waals surface area contributed by atoms with Crippen molar-refractivity contribution in [1.29, 1.82) is 0 Å². The number of halogens is 3. The van der Waals surface area contributed by atoms with Gasteiger partial charge in [-0.2, -0.15) is 0 Å². The van der Waals surface area contributed by atoms with Gasteiger partial charge in [0, 0.05) is 42.6 Å². The fourth-order valence-electron chi connectivity index (χ4n) is 3.76. The summed E-state index contributed by atoms with van der Waals surface area (Å²) >= 11 is 5.96. The zero-order valence-corrected chi connectivity index (χ0v) is 17.5. The van der Waals surface area contributed by atoms with E-state index in [1.165, 1.54) is 12.1 Å². The van der Waals surface area contributed by atoms with E-state index in [2.05, 4.69) is 16.0 Å². The number of hydrogen-bond acceptors (Lipinski definition) is 3. The lowest BCUT2D eigenvalue weighted by Crippen LogP contribution is -2.42. The van der Waals surface area contributed by atoms with Crippen LogP contribution in [-0.2, 0) is 12.1 Å². The van der Waals surface area contributed by atoms with E-state index in [0.717, 1.165) is 41.9 Å². The van der Waals surface area contributed by atoms with Crippen LogP contribution in [0, 0.1) is 5.82 Å². The molecule has 0 aliphatic carbocycles. The Bertz CT molecular complexity index is 940. The molecule has 0 unspecified atom stereocenters. The summed E-state index contributed by atoms with van der Waals surface area (Å²) < 4.78 is 13.1. The molecule has 1 aliphatic rings. The molecule has 152 valence electrons. The number of pyridine rings is 1. The van der Waals surface area contributed by atoms with Crippen molar-refractivity contribution in [2.75, 3.05) is 13.1 Å². The molecule has 0 bridgehead atoms. The fourth-order valence-corrected chi connectivity index (χ4v) is 3.89. The highest BCUT2D eigenvalue weighted by Gasteiger charge is 2.33. The molecule has 0 spiro atoms. The second kappa shape index (κ2) is 9.23. The predicted molar refractivity (Wildman–Crippen MR) is 117 cm³/mol. The number of hydrogen-bond donors (Lipinski definition) is 1. The summed E-state index contributed by atoms with van der Waals surface area (Å²) in [4.78, 5) is 6.68. The first-order chi connectivity index (χ1) is 13.5. The summed E-state index contributed by atoms with van der Waals surface area (Å²) in [5.74, 6) is -0.241. The molecule has 3 aromatic rings. The summed E-state index contributed by atoms with van der Waals surface area (Å²) in [6.45, 7) is 2.39. The average Bonchev–Trinajstić information content (AvgIpc) is 2.71. The third-order valence-electron chi connectivity index (χ3n) is 5.44. The van der Waals surface area contributed by atoms with E-state index in [9.17, 15) is 9.50 Å². The van der Waals surface area contributed by atoms with Crippen LogP contribution in [0.1, 0.15) is 24.0 Å². The zero-order valence-electron chi connectivity index (χ0n) is 15.9. The Labute approximate surface area is 181 Å². The molecule has 0 saturated carbocycles. The van der Waals surface area contributed by atoms with Crippen LogP contribution in [0.25, 0.3) is 11.1 Å². The first-order valence-corrected chi connectivity index (χ1v) is 9.80. The minimum Gasteiger partial charge on any atom is -0.385 e. The molecule has 1 fully saturated rings. The van der Waals surface area contributed by atoms with Gasteiger partial charge in [-0.1, -0.05) is 35.9 Å². The van der Waals surface area contributed by atoms with Crippen LogP contribution in [0.15, 0.2) is 67.0 Å². The largest absolute Gasteiger partial charge is 0.385 e. The smallest absolute Gasteiger partial charge is 0.123 e. The summed E-state index contributed by atoms with van der Waals surface area (Å²) in [6.07, 6.45) is 5.03. The molecule has 3 nitrogen and oxygen atoms in total. The highest BCUT2D eigenvalue weighted by atomic mass is 35.5. The number of benzene rings is 2. The molecule has 1 aromatic heterocycles. The molecule has 2 aromatic carbocycles. The molecule has 1 saturated heterocycles. The first kappa shape index (κ1) is 21.7. The van der Waals surface area contributed by atoms with Gasteiger partial charge in [0.25, 0.3) is 0 Å². The minimum absolute atomic E-state index is 0. The van der Waals surface area contributed by atoms with Gasteiger partial charge in [-0.05, 0) is 59.9 Å². The van der Waals surface area contributed by atoms with Crippen molar-refractivity contribution < 1.29 is 9.50 Å². The van der Waals surface area contributed by atoms with E-state index in [-0.39, 0.29) is 18.2 Å². The predicted octanol–water partition coefficient (Wildman–Crippen LogP) is 5.45. The van der Waals surface area contributed by atoms with Crippen molar-refractivity contribution in [2.45, 2.75) is 25.0 Å². The lowest BCUT2D eigenvalue weighted by molar-refractivity contribution is -0.0277. The van der Waals surface area contributed by atoms with E-state index < -0.39 is 5.60 Å². The number of rotatable bonds is 4. The van der Waals surface area contributed by atoms with Gasteiger partial charge in [-0.25, -0.2) is 4.39 Å². The second-order valence-corrected chi connectivity index (χ2v) is 7.84. The van der Waals surface area contributed by atoms with E-state index in [1.54, 1.807) is 18.3 Å². The highest BCUT2D eigenvalue weighted by Crippen LogP contribution is 2.34. The number of aromatic nitrogens is 1. The van der Waals surface area contributed by atoms with Gasteiger partial charge < -0.3 is 5.11 Å². The van der Waals surface area contributed by atoms with E-state index in [4.69, 9.17) is 11.6 Å². The molecular weight excluding hydrogens is 410 g/mol. The Balaban J connectivity index is 0.00000240. The Morgan fingerprint density at radius 3 is 2.28 bits per heavy atom. The van der Waals surface area contributed by atoms with E-state index >= 15 is 0 Å². The van der Waals surface area contributed by atoms with Gasteiger partial charge in [-0.3, -0.25) is 9.88 Å². The quantitative estimate of drug-likeness (QED) is 0.595. The van der Waals surface area contributed by atoms with Crippen LogP contribution in [-0.4, -0.2) is 28.1 Å². The van der Waals surface area contributed by atoms with Crippen molar-refractivity contribution in [1.82, 2.24) is 9.88 Å². The van der Waals surface area contributed by atoms with Gasteiger partial charge in [0.05, 0.1) is 5.60 Å². The SMILES string of the molecule is Cl.OC1(c2ccc(Cl)cc2)CCN(Cc2cncc(-c3ccc(F)cc3)c2)CC1. The van der Waals surface area contributed by atoms with Crippen LogP contribution >= 0.6 is 24.0 Å². The number of aliphatic hydroxyl groups is 1. The van der Waals surface area contributed by atoms with E-state index in [0.29, 0.717) is 17.9 Å². The van der Waals surface area contributed by atoms with Gasteiger partial charge in [0.2, 0.25) is 0 Å². The molecule has 4 rings (SSSR count). The lowest BCUT2D eigenvalue weighted by Gasteiger charge is -2.38. The van der Waals surface area contributed by atoms with E-state index in [1.807, 2.05) is 30.5 Å². The molecule has 2 heterocycles. The minimum atomic E-state index is -0.796. The third-order valence-corrected chi connectivity index (χ3v) is 5.70. The lowest BCUT2D eigenvalue weighted by atomic mass is 9.84. The molecule has 0 atom stereocenters.